The Labute approximate surface area is 217 Å². The predicted octanol–water partition coefficient (Wildman–Crippen LogP) is 6.97. The van der Waals surface area contributed by atoms with Crippen LogP contribution in [0.2, 0.25) is 0 Å². The van der Waals surface area contributed by atoms with Gasteiger partial charge in [-0.25, -0.2) is 0 Å². The van der Waals surface area contributed by atoms with Gasteiger partial charge in [0.05, 0.1) is 18.8 Å². The van der Waals surface area contributed by atoms with Crippen LogP contribution in [0.1, 0.15) is 149 Å². The highest BCUT2D eigenvalue weighted by molar-refractivity contribution is 5.80. The lowest BCUT2D eigenvalue weighted by molar-refractivity contribution is -0.131. The molecule has 35 heavy (non-hydrogen) atoms. The third-order valence-electron chi connectivity index (χ3n) is 6.88. The number of hydrogen-bond donors (Lipinski definition) is 4. The molecule has 0 radical (unpaired) electrons. The first-order valence-electron chi connectivity index (χ1n) is 15.0. The van der Waals surface area contributed by atoms with Crippen molar-refractivity contribution in [2.24, 2.45) is 0 Å². The van der Waals surface area contributed by atoms with Crippen molar-refractivity contribution in [3.8, 4) is 0 Å². The van der Waals surface area contributed by atoms with Crippen molar-refractivity contribution in [1.29, 1.82) is 0 Å². The van der Waals surface area contributed by atoms with Crippen LogP contribution in [0.25, 0.3) is 0 Å². The van der Waals surface area contributed by atoms with Crippen molar-refractivity contribution in [1.82, 2.24) is 5.32 Å². The van der Waals surface area contributed by atoms with Gasteiger partial charge in [0.25, 0.3) is 0 Å². The Morgan fingerprint density at radius 1 is 0.657 bits per heavy atom. The zero-order valence-electron chi connectivity index (χ0n) is 23.2. The molecule has 1 amide bonds. The molecule has 0 aliphatic heterocycles. The van der Waals surface area contributed by atoms with E-state index in [2.05, 4.69) is 31.3 Å². The van der Waals surface area contributed by atoms with Crippen molar-refractivity contribution < 1.29 is 20.1 Å². The van der Waals surface area contributed by atoms with Crippen molar-refractivity contribution in [2.45, 2.75) is 167 Å². The smallest absolute Gasteiger partial charge is 0.249 e. The second kappa shape index (κ2) is 26.2. The number of nitrogens with one attached hydrogen (secondary N) is 1. The zero-order chi connectivity index (χ0) is 26.0. The van der Waals surface area contributed by atoms with E-state index in [1.807, 2.05) is 0 Å². The quantitative estimate of drug-likeness (QED) is 0.0767. The Kier molecular flexibility index (Phi) is 25.5. The number of allylic oxidation sites excluding steroid dienone is 2. The summed E-state index contributed by atoms with van der Waals surface area (Å²) in [6, 6.07) is -0.709. The maximum Gasteiger partial charge on any atom is 0.249 e. The molecular formula is C30H59NO4. The number of carbonyl (C=O) groups is 1. The zero-order valence-corrected chi connectivity index (χ0v) is 23.2. The van der Waals surface area contributed by atoms with Gasteiger partial charge in [-0.05, 0) is 32.1 Å². The molecule has 0 heterocycles. The van der Waals surface area contributed by atoms with E-state index in [4.69, 9.17) is 0 Å². The lowest BCUT2D eigenvalue weighted by Crippen LogP contribution is -2.49. The lowest BCUT2D eigenvalue weighted by Gasteiger charge is -2.23. The van der Waals surface area contributed by atoms with E-state index in [9.17, 15) is 20.1 Å². The summed E-state index contributed by atoms with van der Waals surface area (Å²) >= 11 is 0. The summed E-state index contributed by atoms with van der Waals surface area (Å²) in [5.41, 5.74) is 0. The Balaban J connectivity index is 3.79. The van der Waals surface area contributed by atoms with Gasteiger partial charge in [-0.2, -0.15) is 0 Å². The molecule has 0 spiro atoms. The van der Waals surface area contributed by atoms with Crippen molar-refractivity contribution in [2.75, 3.05) is 6.61 Å². The summed E-state index contributed by atoms with van der Waals surface area (Å²) in [6.07, 6.45) is 26.2. The normalized spacial score (nSPS) is 14.3. The first kappa shape index (κ1) is 34.1. The van der Waals surface area contributed by atoms with E-state index in [1.165, 1.54) is 77.0 Å². The minimum atomic E-state index is -1.08. The Hall–Kier alpha value is -0.910. The topological polar surface area (TPSA) is 89.8 Å². The summed E-state index contributed by atoms with van der Waals surface area (Å²) in [5, 5.41) is 32.8. The fraction of sp³-hybridized carbons (Fsp3) is 0.900. The second-order valence-electron chi connectivity index (χ2n) is 10.3. The third-order valence-corrected chi connectivity index (χ3v) is 6.88. The molecule has 0 aromatic heterocycles. The van der Waals surface area contributed by atoms with E-state index in [0.29, 0.717) is 12.8 Å². The average molecular weight is 498 g/mol. The minimum Gasteiger partial charge on any atom is -0.394 e. The van der Waals surface area contributed by atoms with Crippen LogP contribution in [0.3, 0.4) is 0 Å². The summed E-state index contributed by atoms with van der Waals surface area (Å²) in [5.74, 6) is -0.485. The highest BCUT2D eigenvalue weighted by atomic mass is 16.3. The molecule has 5 nitrogen and oxygen atoms in total. The van der Waals surface area contributed by atoms with Gasteiger partial charge in [-0.15, -0.1) is 0 Å². The molecule has 0 fully saturated rings. The van der Waals surface area contributed by atoms with Crippen LogP contribution in [0.15, 0.2) is 12.2 Å². The Bertz CT molecular complexity index is 483. The molecule has 0 aliphatic carbocycles. The molecule has 0 rings (SSSR count). The Morgan fingerprint density at radius 2 is 1.11 bits per heavy atom. The van der Waals surface area contributed by atoms with Gasteiger partial charge in [0.1, 0.15) is 6.10 Å². The molecule has 0 bridgehead atoms. The number of rotatable bonds is 26. The average Bonchev–Trinajstić information content (AvgIpc) is 2.86. The minimum absolute atomic E-state index is 0.316. The van der Waals surface area contributed by atoms with Crippen LogP contribution in [-0.4, -0.2) is 46.1 Å². The molecule has 3 atom stereocenters. The third kappa shape index (κ3) is 22.0. The summed E-state index contributed by atoms with van der Waals surface area (Å²) in [7, 11) is 0. The van der Waals surface area contributed by atoms with Gasteiger partial charge in [-0.1, -0.05) is 129 Å². The number of hydrogen-bond acceptors (Lipinski definition) is 4. The highest BCUT2D eigenvalue weighted by Gasteiger charge is 2.23. The highest BCUT2D eigenvalue weighted by Crippen LogP contribution is 2.14. The number of unbranched alkanes of at least 4 members (excludes halogenated alkanes) is 16. The molecule has 0 saturated carbocycles. The van der Waals surface area contributed by atoms with Gasteiger partial charge in [0, 0.05) is 0 Å². The van der Waals surface area contributed by atoms with Gasteiger partial charge in [0.2, 0.25) is 5.91 Å². The second-order valence-corrected chi connectivity index (χ2v) is 10.3. The van der Waals surface area contributed by atoms with E-state index in [1.54, 1.807) is 0 Å². The predicted molar refractivity (Wildman–Crippen MR) is 148 cm³/mol. The molecule has 0 aromatic carbocycles. The first-order valence-corrected chi connectivity index (χ1v) is 15.0. The maximum absolute atomic E-state index is 12.3. The van der Waals surface area contributed by atoms with Gasteiger partial charge < -0.3 is 20.6 Å². The molecule has 208 valence electrons. The van der Waals surface area contributed by atoms with Gasteiger partial charge >= 0.3 is 0 Å². The van der Waals surface area contributed by atoms with Crippen molar-refractivity contribution in [3.63, 3.8) is 0 Å². The Morgan fingerprint density at radius 3 is 1.66 bits per heavy atom. The first-order chi connectivity index (χ1) is 17.1. The van der Waals surface area contributed by atoms with Gasteiger partial charge in [0.15, 0.2) is 0 Å². The fourth-order valence-electron chi connectivity index (χ4n) is 4.40. The number of aliphatic hydroxyl groups is 3. The summed E-state index contributed by atoms with van der Waals surface area (Å²) in [4.78, 5) is 12.3. The molecule has 0 aliphatic rings. The van der Waals surface area contributed by atoms with Crippen LogP contribution in [0, 0.1) is 0 Å². The largest absolute Gasteiger partial charge is 0.394 e. The van der Waals surface area contributed by atoms with E-state index < -0.39 is 24.2 Å². The van der Waals surface area contributed by atoms with E-state index in [-0.39, 0.29) is 6.61 Å². The van der Waals surface area contributed by atoms with E-state index >= 15 is 0 Å². The SMILES string of the molecule is CCCC/C=C\CCCCCCC(O)C(=O)NC(CO)C(O)CCCCCCCCCCCCC. The van der Waals surface area contributed by atoms with Crippen LogP contribution in [0.5, 0.6) is 0 Å². The summed E-state index contributed by atoms with van der Waals surface area (Å²) in [6.45, 7) is 4.13. The van der Waals surface area contributed by atoms with E-state index in [0.717, 1.165) is 44.9 Å². The van der Waals surface area contributed by atoms with Crippen LogP contribution in [-0.2, 0) is 4.79 Å². The molecule has 4 N–H and O–H groups in total. The number of carbonyl (C=O) groups excluding carboxylic acids is 1. The maximum atomic E-state index is 12.3. The summed E-state index contributed by atoms with van der Waals surface area (Å²) < 4.78 is 0. The van der Waals surface area contributed by atoms with Crippen molar-refractivity contribution >= 4 is 5.91 Å². The molecule has 0 aromatic rings. The monoisotopic (exact) mass is 497 g/mol. The number of amides is 1. The van der Waals surface area contributed by atoms with Gasteiger partial charge in [-0.3, -0.25) is 4.79 Å². The fourth-order valence-corrected chi connectivity index (χ4v) is 4.40. The van der Waals surface area contributed by atoms with Crippen LogP contribution < -0.4 is 5.32 Å². The van der Waals surface area contributed by atoms with Crippen molar-refractivity contribution in [3.05, 3.63) is 12.2 Å². The lowest BCUT2D eigenvalue weighted by atomic mass is 10.0. The molecule has 0 saturated heterocycles. The molecule has 5 heteroatoms. The van der Waals surface area contributed by atoms with Crippen LogP contribution in [0.4, 0.5) is 0 Å². The van der Waals surface area contributed by atoms with Crippen LogP contribution >= 0.6 is 0 Å². The molecular weight excluding hydrogens is 438 g/mol. The number of aliphatic hydroxyl groups excluding tert-OH is 3. The molecule has 3 unspecified atom stereocenters. The standard InChI is InChI=1S/C30H59NO4/c1-3-5-7-9-11-13-15-17-18-20-22-24-28(33)27(26-32)31-30(35)29(34)25-23-21-19-16-14-12-10-8-6-4-2/h10,12,27-29,32-34H,3-9,11,13-26H2,1-2H3,(H,31,35)/b12-10-.